The number of hydrogen-bond donors (Lipinski definition) is 2. The van der Waals surface area contributed by atoms with Crippen molar-refractivity contribution in [3.63, 3.8) is 0 Å². The van der Waals surface area contributed by atoms with Crippen molar-refractivity contribution < 1.29 is 0 Å². The Balaban J connectivity index is 2.19. The molecule has 1 aromatic heterocycles. The highest BCUT2D eigenvalue weighted by atomic mass is 15.0. The van der Waals surface area contributed by atoms with Crippen molar-refractivity contribution in [2.45, 2.75) is 32.2 Å². The quantitative estimate of drug-likeness (QED) is 0.777. The normalized spacial score (nSPS) is 21.3. The Kier molecular flexibility index (Phi) is 3.21. The van der Waals surface area contributed by atoms with Crippen LogP contribution in [0.1, 0.15) is 36.6 Å². The minimum Gasteiger partial charge on any atom is -0.373 e. The summed E-state index contributed by atoms with van der Waals surface area (Å²) in [5.74, 6) is 0.951. The number of aromatic nitrogens is 1. The fourth-order valence-corrected chi connectivity index (χ4v) is 2.20. The Morgan fingerprint density at radius 2 is 2.27 bits per heavy atom. The molecule has 15 heavy (non-hydrogen) atoms. The van der Waals surface area contributed by atoms with Crippen LogP contribution in [-0.2, 0) is 0 Å². The summed E-state index contributed by atoms with van der Waals surface area (Å²) in [6.07, 6.45) is 3.86. The summed E-state index contributed by atoms with van der Waals surface area (Å²) in [6.45, 7) is 3.23. The highest BCUT2D eigenvalue weighted by molar-refractivity contribution is 5.38. The van der Waals surface area contributed by atoms with Crippen LogP contribution in [0.2, 0.25) is 0 Å². The molecule has 2 rings (SSSR count). The number of hydrogen-bond acceptors (Lipinski definition) is 3. The van der Waals surface area contributed by atoms with E-state index in [-0.39, 0.29) is 0 Å². The van der Waals surface area contributed by atoms with Crippen LogP contribution >= 0.6 is 0 Å². The van der Waals surface area contributed by atoms with Crippen molar-refractivity contribution in [3.05, 3.63) is 23.4 Å². The van der Waals surface area contributed by atoms with Crippen LogP contribution in [0.15, 0.2) is 12.1 Å². The van der Waals surface area contributed by atoms with Crippen LogP contribution in [0, 0.1) is 6.92 Å². The Labute approximate surface area is 91.3 Å². The third-order valence-electron chi connectivity index (χ3n) is 3.07. The van der Waals surface area contributed by atoms with Gasteiger partial charge in [-0.3, -0.25) is 0 Å². The molecule has 2 N–H and O–H groups in total. The second-order valence-corrected chi connectivity index (χ2v) is 4.12. The van der Waals surface area contributed by atoms with Gasteiger partial charge >= 0.3 is 0 Å². The Bertz CT molecular complexity index is 330. The first-order chi connectivity index (χ1) is 7.31. The third kappa shape index (κ3) is 2.29. The van der Waals surface area contributed by atoms with Crippen molar-refractivity contribution in [2.24, 2.45) is 0 Å². The van der Waals surface area contributed by atoms with E-state index in [2.05, 4.69) is 34.7 Å². The molecule has 2 heterocycles. The summed E-state index contributed by atoms with van der Waals surface area (Å²) in [6, 6.07) is 4.76. The predicted molar refractivity (Wildman–Crippen MR) is 63.1 cm³/mol. The zero-order valence-electron chi connectivity index (χ0n) is 9.51. The standard InChI is InChI=1S/C12H19N3/c1-9-10(6-7-12(13-2)15-9)11-5-3-4-8-14-11/h6-7,11,14H,3-5,8H2,1-2H3,(H,13,15)/t11-/m1/s1. The molecule has 0 spiro atoms. The van der Waals surface area contributed by atoms with Crippen LogP contribution in [0.4, 0.5) is 5.82 Å². The maximum atomic E-state index is 4.52. The summed E-state index contributed by atoms with van der Waals surface area (Å²) < 4.78 is 0. The van der Waals surface area contributed by atoms with Crippen LogP contribution in [0.3, 0.4) is 0 Å². The summed E-state index contributed by atoms with van der Waals surface area (Å²) in [4.78, 5) is 4.52. The highest BCUT2D eigenvalue weighted by Gasteiger charge is 2.16. The molecular formula is C12H19N3. The molecule has 1 atom stereocenters. The van der Waals surface area contributed by atoms with E-state index in [0.29, 0.717) is 6.04 Å². The molecule has 3 heteroatoms. The van der Waals surface area contributed by atoms with E-state index >= 15 is 0 Å². The number of anilines is 1. The van der Waals surface area contributed by atoms with Gasteiger partial charge in [-0.1, -0.05) is 12.5 Å². The van der Waals surface area contributed by atoms with E-state index in [1.807, 2.05) is 7.05 Å². The van der Waals surface area contributed by atoms with Crippen molar-refractivity contribution in [3.8, 4) is 0 Å². The second kappa shape index (κ2) is 4.62. The third-order valence-corrected chi connectivity index (χ3v) is 3.07. The van der Waals surface area contributed by atoms with Gasteiger partial charge in [0.25, 0.3) is 0 Å². The molecule has 0 bridgehead atoms. The average Bonchev–Trinajstić information content (AvgIpc) is 2.30. The van der Waals surface area contributed by atoms with Gasteiger partial charge in [-0.25, -0.2) is 4.98 Å². The Morgan fingerprint density at radius 1 is 1.40 bits per heavy atom. The van der Waals surface area contributed by atoms with E-state index in [4.69, 9.17) is 0 Å². The average molecular weight is 205 g/mol. The summed E-state index contributed by atoms with van der Waals surface area (Å²) >= 11 is 0. The number of piperidine rings is 1. The molecule has 1 aliphatic rings. The fraction of sp³-hybridized carbons (Fsp3) is 0.583. The Hall–Kier alpha value is -1.09. The number of pyridine rings is 1. The van der Waals surface area contributed by atoms with Crippen molar-refractivity contribution >= 4 is 5.82 Å². The van der Waals surface area contributed by atoms with Crippen LogP contribution in [-0.4, -0.2) is 18.6 Å². The highest BCUT2D eigenvalue weighted by Crippen LogP contribution is 2.25. The van der Waals surface area contributed by atoms with Gasteiger partial charge in [0.2, 0.25) is 0 Å². The first-order valence-electron chi connectivity index (χ1n) is 5.70. The fourth-order valence-electron chi connectivity index (χ4n) is 2.20. The lowest BCUT2D eigenvalue weighted by atomic mass is 9.96. The molecule has 1 aromatic rings. The minimum absolute atomic E-state index is 0.511. The van der Waals surface area contributed by atoms with Crippen molar-refractivity contribution in [1.82, 2.24) is 10.3 Å². The molecule has 0 aromatic carbocycles. The molecule has 0 radical (unpaired) electrons. The number of nitrogens with one attached hydrogen (secondary N) is 2. The van der Waals surface area contributed by atoms with Gasteiger partial charge in [-0.05, 0) is 37.9 Å². The van der Waals surface area contributed by atoms with Crippen LogP contribution < -0.4 is 10.6 Å². The predicted octanol–water partition coefficient (Wildman–Crippen LogP) is 2.25. The molecule has 0 saturated carbocycles. The zero-order chi connectivity index (χ0) is 10.7. The smallest absolute Gasteiger partial charge is 0.125 e. The molecular weight excluding hydrogens is 186 g/mol. The Morgan fingerprint density at radius 3 is 2.87 bits per heavy atom. The van der Waals surface area contributed by atoms with E-state index in [9.17, 15) is 0 Å². The minimum atomic E-state index is 0.511. The molecule has 1 fully saturated rings. The monoisotopic (exact) mass is 205 g/mol. The van der Waals surface area contributed by atoms with Crippen LogP contribution in [0.5, 0.6) is 0 Å². The molecule has 1 aliphatic heterocycles. The topological polar surface area (TPSA) is 37.0 Å². The van der Waals surface area contributed by atoms with E-state index in [1.54, 1.807) is 0 Å². The maximum absolute atomic E-state index is 4.52. The van der Waals surface area contributed by atoms with Gasteiger partial charge in [-0.2, -0.15) is 0 Å². The first kappa shape index (κ1) is 10.4. The summed E-state index contributed by atoms with van der Waals surface area (Å²) in [7, 11) is 1.90. The summed E-state index contributed by atoms with van der Waals surface area (Å²) in [5, 5.41) is 6.62. The van der Waals surface area contributed by atoms with Crippen molar-refractivity contribution in [2.75, 3.05) is 18.9 Å². The molecule has 0 aliphatic carbocycles. The second-order valence-electron chi connectivity index (χ2n) is 4.12. The molecule has 0 amide bonds. The van der Waals surface area contributed by atoms with Gasteiger partial charge in [0.05, 0.1) is 0 Å². The SMILES string of the molecule is CNc1ccc([C@H]2CCCCN2)c(C)n1. The van der Waals surface area contributed by atoms with Crippen molar-refractivity contribution in [1.29, 1.82) is 0 Å². The number of aryl methyl sites for hydroxylation is 1. The summed E-state index contributed by atoms with van der Waals surface area (Å²) in [5.41, 5.74) is 2.50. The lowest BCUT2D eigenvalue weighted by Gasteiger charge is -2.25. The molecule has 82 valence electrons. The molecule has 0 unspecified atom stereocenters. The lowest BCUT2D eigenvalue weighted by molar-refractivity contribution is 0.410. The maximum Gasteiger partial charge on any atom is 0.125 e. The lowest BCUT2D eigenvalue weighted by Crippen LogP contribution is -2.27. The van der Waals surface area contributed by atoms with E-state index in [0.717, 1.165) is 18.1 Å². The largest absolute Gasteiger partial charge is 0.373 e. The molecule has 1 saturated heterocycles. The van der Waals surface area contributed by atoms with Gasteiger partial charge in [0.1, 0.15) is 5.82 Å². The van der Waals surface area contributed by atoms with Crippen LogP contribution in [0.25, 0.3) is 0 Å². The number of rotatable bonds is 2. The first-order valence-corrected chi connectivity index (χ1v) is 5.70. The number of nitrogens with zero attached hydrogens (tertiary/aromatic N) is 1. The van der Waals surface area contributed by atoms with E-state index in [1.165, 1.54) is 24.8 Å². The van der Waals surface area contributed by atoms with Gasteiger partial charge < -0.3 is 10.6 Å². The van der Waals surface area contributed by atoms with E-state index < -0.39 is 0 Å². The van der Waals surface area contributed by atoms with Gasteiger partial charge in [0.15, 0.2) is 0 Å². The zero-order valence-corrected chi connectivity index (χ0v) is 9.51. The molecule has 3 nitrogen and oxygen atoms in total. The van der Waals surface area contributed by atoms with Gasteiger partial charge in [-0.15, -0.1) is 0 Å². The van der Waals surface area contributed by atoms with Gasteiger partial charge in [0, 0.05) is 18.8 Å².